The molecule has 2 N–H and O–H groups in total. The molecule has 0 aromatic rings. The van der Waals surface area contributed by atoms with E-state index in [-0.39, 0.29) is 12.8 Å². The van der Waals surface area contributed by atoms with Crippen LogP contribution in [0.25, 0.3) is 0 Å². The zero-order valence-corrected chi connectivity index (χ0v) is 20.0. The number of allylic oxidation sites excluding steroid dienone is 6. The lowest BCUT2D eigenvalue weighted by molar-refractivity contribution is 0.193. The highest BCUT2D eigenvalue weighted by Crippen LogP contribution is 2.55. The van der Waals surface area contributed by atoms with Gasteiger partial charge in [0.1, 0.15) is 0 Å². The van der Waals surface area contributed by atoms with E-state index in [0.29, 0.717) is 13.0 Å². The number of ether oxygens (including phenoxy) is 1. The van der Waals surface area contributed by atoms with Crippen LogP contribution in [0.4, 0.5) is 0 Å². The maximum Gasteiger partial charge on any atom is 0.382 e. The Morgan fingerprint density at radius 3 is 2.04 bits per heavy atom. The predicted octanol–water partition coefficient (Wildman–Crippen LogP) is 6.90. The molecule has 0 aromatic heterocycles. The molecule has 0 heterocycles. The molecule has 0 rings (SSSR count). The molecule has 0 aliphatic rings. The van der Waals surface area contributed by atoms with E-state index in [9.17, 15) is 18.9 Å². The number of rotatable bonds is 15. The zero-order chi connectivity index (χ0) is 21.6. The second kappa shape index (κ2) is 15.3. The van der Waals surface area contributed by atoms with Crippen LogP contribution in [-0.2, 0) is 13.9 Å². The molecule has 0 fully saturated rings. The Bertz CT molecular complexity index is 598. The highest BCUT2D eigenvalue weighted by atomic mass is 31.2. The second-order valence-corrected chi connectivity index (χ2v) is 11.4. The summed E-state index contributed by atoms with van der Waals surface area (Å²) in [5.74, 6) is 0. The van der Waals surface area contributed by atoms with E-state index in [0.717, 1.165) is 32.1 Å². The van der Waals surface area contributed by atoms with Crippen LogP contribution in [0.5, 0.6) is 0 Å². The van der Waals surface area contributed by atoms with E-state index >= 15 is 0 Å². The fraction of sp³-hybridized carbons (Fsp3) is 0.714. The summed E-state index contributed by atoms with van der Waals surface area (Å²) in [6, 6.07) is 0. The molecule has 0 bridgehead atoms. The predicted molar refractivity (Wildman–Crippen MR) is 119 cm³/mol. The maximum absolute atomic E-state index is 12.1. The number of hydrogen-bond donors (Lipinski definition) is 2. The quantitative estimate of drug-likeness (QED) is 0.167. The Kier molecular flexibility index (Phi) is 15.0. The SMILES string of the molecule is CCOC[P+](=O)C(CCC/C=C(\C)CC/C=C(\C)CCC=C(C)C)P(=O)(O)O. The van der Waals surface area contributed by atoms with Crippen molar-refractivity contribution in [1.82, 2.24) is 0 Å². The van der Waals surface area contributed by atoms with Crippen molar-refractivity contribution in [2.24, 2.45) is 0 Å². The molecule has 0 aromatic carbocycles. The van der Waals surface area contributed by atoms with Gasteiger partial charge in [-0.2, -0.15) is 0 Å². The van der Waals surface area contributed by atoms with Gasteiger partial charge in [-0.1, -0.05) is 39.5 Å². The minimum atomic E-state index is -4.38. The van der Waals surface area contributed by atoms with Crippen LogP contribution in [-0.4, -0.2) is 28.1 Å². The molecule has 0 aliphatic carbocycles. The van der Waals surface area contributed by atoms with Gasteiger partial charge in [-0.3, -0.25) is 4.57 Å². The average Bonchev–Trinajstić information content (AvgIpc) is 2.58. The van der Waals surface area contributed by atoms with Gasteiger partial charge in [0.05, 0.1) is 0 Å². The largest absolute Gasteiger partial charge is 0.382 e. The summed E-state index contributed by atoms with van der Waals surface area (Å²) in [6.07, 6.45) is 12.4. The molecule has 2 unspecified atom stereocenters. The molecule has 0 saturated carbocycles. The van der Waals surface area contributed by atoms with Crippen molar-refractivity contribution in [3.8, 4) is 0 Å². The number of unbranched alkanes of at least 4 members (excludes halogenated alkanes) is 1. The minimum Gasteiger partial charge on any atom is -0.338 e. The first-order valence-corrected chi connectivity index (χ1v) is 13.3. The van der Waals surface area contributed by atoms with Crippen LogP contribution in [0.15, 0.2) is 34.9 Å². The van der Waals surface area contributed by atoms with E-state index in [4.69, 9.17) is 4.74 Å². The zero-order valence-electron chi connectivity index (χ0n) is 18.2. The summed E-state index contributed by atoms with van der Waals surface area (Å²) in [4.78, 5) is 18.9. The van der Waals surface area contributed by atoms with Gasteiger partial charge in [0.25, 0.3) is 5.40 Å². The molecular weight excluding hydrogens is 394 g/mol. The highest BCUT2D eigenvalue weighted by molar-refractivity contribution is 7.67. The molecule has 0 amide bonds. The molecule has 5 nitrogen and oxygen atoms in total. The molecule has 162 valence electrons. The summed E-state index contributed by atoms with van der Waals surface area (Å²) in [6.45, 7) is 10.6. The van der Waals surface area contributed by atoms with Crippen LogP contribution in [0.3, 0.4) is 0 Å². The van der Waals surface area contributed by atoms with E-state index in [2.05, 4.69) is 45.9 Å². The van der Waals surface area contributed by atoms with E-state index in [1.807, 2.05) is 0 Å². The van der Waals surface area contributed by atoms with Gasteiger partial charge in [0.15, 0.2) is 0 Å². The van der Waals surface area contributed by atoms with Gasteiger partial charge in [-0.15, -0.1) is 0 Å². The van der Waals surface area contributed by atoms with Crippen molar-refractivity contribution >= 4 is 15.4 Å². The van der Waals surface area contributed by atoms with Gasteiger partial charge in [-0.25, -0.2) is 0 Å². The molecule has 28 heavy (non-hydrogen) atoms. The summed E-state index contributed by atoms with van der Waals surface area (Å²) < 4.78 is 28.8. The molecule has 2 atom stereocenters. The third kappa shape index (κ3) is 14.4. The van der Waals surface area contributed by atoms with Crippen molar-refractivity contribution in [2.45, 2.75) is 85.0 Å². The first-order valence-electron chi connectivity index (χ1n) is 10.1. The fourth-order valence-corrected chi connectivity index (χ4v) is 5.80. The minimum absolute atomic E-state index is 0.0875. The summed E-state index contributed by atoms with van der Waals surface area (Å²) in [5.41, 5.74) is 4.04. The summed E-state index contributed by atoms with van der Waals surface area (Å²) >= 11 is 0. The molecule has 0 saturated heterocycles. The van der Waals surface area contributed by atoms with Crippen LogP contribution >= 0.6 is 15.4 Å². The van der Waals surface area contributed by atoms with Gasteiger partial charge >= 0.3 is 15.4 Å². The lowest BCUT2D eigenvalue weighted by Crippen LogP contribution is -2.06. The van der Waals surface area contributed by atoms with Crippen molar-refractivity contribution in [2.75, 3.05) is 13.0 Å². The van der Waals surface area contributed by atoms with Crippen molar-refractivity contribution in [3.05, 3.63) is 34.9 Å². The third-order valence-electron chi connectivity index (χ3n) is 4.43. The van der Waals surface area contributed by atoms with Gasteiger partial charge in [0, 0.05) is 13.0 Å². The Balaban J connectivity index is 4.32. The van der Waals surface area contributed by atoms with E-state index in [1.165, 1.54) is 16.7 Å². The summed E-state index contributed by atoms with van der Waals surface area (Å²) in [5, 5.41) is -1.10. The molecule has 0 radical (unpaired) electrons. The van der Waals surface area contributed by atoms with Crippen LogP contribution in [0.1, 0.15) is 79.6 Å². The van der Waals surface area contributed by atoms with E-state index < -0.39 is 20.8 Å². The van der Waals surface area contributed by atoms with Gasteiger partial charge in [0.2, 0.25) is 6.35 Å². The average molecular weight is 433 g/mol. The van der Waals surface area contributed by atoms with E-state index in [1.54, 1.807) is 6.92 Å². The Hall–Kier alpha value is -0.570. The first kappa shape index (κ1) is 27.4. The first-order chi connectivity index (χ1) is 13.1. The molecule has 7 heteroatoms. The third-order valence-corrected chi connectivity index (χ3v) is 8.50. The van der Waals surface area contributed by atoms with Crippen LogP contribution in [0.2, 0.25) is 0 Å². The monoisotopic (exact) mass is 433 g/mol. The molecule has 0 aliphatic heterocycles. The Morgan fingerprint density at radius 1 is 1.00 bits per heavy atom. The van der Waals surface area contributed by atoms with Crippen LogP contribution < -0.4 is 0 Å². The highest BCUT2D eigenvalue weighted by Gasteiger charge is 2.44. The molecular formula is C21H39O5P2+. The van der Waals surface area contributed by atoms with Gasteiger partial charge in [-0.05, 0) is 73.1 Å². The lowest BCUT2D eigenvalue weighted by atomic mass is 10.1. The van der Waals surface area contributed by atoms with Crippen molar-refractivity contribution in [1.29, 1.82) is 0 Å². The van der Waals surface area contributed by atoms with Crippen LogP contribution in [0, 0.1) is 0 Å². The Morgan fingerprint density at radius 2 is 1.54 bits per heavy atom. The molecule has 0 spiro atoms. The fourth-order valence-electron chi connectivity index (χ4n) is 2.74. The maximum atomic E-state index is 12.1. The topological polar surface area (TPSA) is 83.8 Å². The normalized spacial score (nSPS) is 14.8. The Labute approximate surface area is 172 Å². The number of hydrogen-bond acceptors (Lipinski definition) is 3. The van der Waals surface area contributed by atoms with Gasteiger partial charge < -0.3 is 14.5 Å². The van der Waals surface area contributed by atoms with Crippen molar-refractivity contribution < 1.29 is 23.7 Å². The summed E-state index contributed by atoms with van der Waals surface area (Å²) in [7, 11) is -6.44. The standard InChI is InChI=1S/C21H38O5P2/c1-6-26-17-27(22)21(28(23,24)25)16-8-7-12-19(4)14-10-15-20(5)13-9-11-18(2)3/h11-12,15,21H,6-10,13-14,16-17H2,1-5H3,(H-,23,24,25)/p+1/b19-12+,20-15+. The lowest BCUT2D eigenvalue weighted by Gasteiger charge is -2.09. The smallest absolute Gasteiger partial charge is 0.338 e. The second-order valence-electron chi connectivity index (χ2n) is 7.50. The van der Waals surface area contributed by atoms with Crippen molar-refractivity contribution in [3.63, 3.8) is 0 Å².